The van der Waals surface area contributed by atoms with Crippen LogP contribution in [0.25, 0.3) is 0 Å². The normalized spacial score (nSPS) is 19.1. The SMILES string of the molecule is CCC(Cc1cccc(O)c1)N1CCNCC1. The van der Waals surface area contributed by atoms with E-state index in [1.54, 1.807) is 6.07 Å². The molecular formula is C14H22N2O. The van der Waals surface area contributed by atoms with Crippen molar-refractivity contribution in [3.8, 4) is 5.75 Å². The fourth-order valence-electron chi connectivity index (χ4n) is 2.53. The Morgan fingerprint density at radius 1 is 1.35 bits per heavy atom. The molecule has 1 fully saturated rings. The zero-order valence-electron chi connectivity index (χ0n) is 10.5. The molecule has 1 aromatic rings. The van der Waals surface area contributed by atoms with Crippen LogP contribution in [0.15, 0.2) is 24.3 Å². The van der Waals surface area contributed by atoms with Gasteiger partial charge in [-0.2, -0.15) is 0 Å². The first-order chi connectivity index (χ1) is 8.29. The molecule has 0 aromatic heterocycles. The van der Waals surface area contributed by atoms with Gasteiger partial charge in [-0.1, -0.05) is 19.1 Å². The van der Waals surface area contributed by atoms with Crippen LogP contribution in [0.5, 0.6) is 5.75 Å². The Labute approximate surface area is 103 Å². The number of rotatable bonds is 4. The minimum absolute atomic E-state index is 0.373. The van der Waals surface area contributed by atoms with E-state index in [1.165, 1.54) is 5.56 Å². The monoisotopic (exact) mass is 234 g/mol. The molecule has 94 valence electrons. The number of hydrogen-bond acceptors (Lipinski definition) is 3. The third kappa shape index (κ3) is 3.45. The highest BCUT2D eigenvalue weighted by atomic mass is 16.3. The van der Waals surface area contributed by atoms with Crippen LogP contribution < -0.4 is 5.32 Å². The molecule has 0 saturated carbocycles. The smallest absolute Gasteiger partial charge is 0.115 e. The van der Waals surface area contributed by atoms with Crippen molar-refractivity contribution in [2.24, 2.45) is 0 Å². The molecule has 2 rings (SSSR count). The van der Waals surface area contributed by atoms with Crippen LogP contribution in [-0.2, 0) is 6.42 Å². The summed E-state index contributed by atoms with van der Waals surface area (Å²) in [4.78, 5) is 2.56. The molecule has 0 radical (unpaired) electrons. The maximum Gasteiger partial charge on any atom is 0.115 e. The number of aromatic hydroxyl groups is 1. The maximum atomic E-state index is 9.49. The first kappa shape index (κ1) is 12.4. The lowest BCUT2D eigenvalue weighted by Crippen LogP contribution is -2.48. The first-order valence-electron chi connectivity index (χ1n) is 6.52. The Balaban J connectivity index is 1.98. The number of phenolic OH excluding ortho intramolecular Hbond substituents is 1. The van der Waals surface area contributed by atoms with Crippen LogP contribution in [0.2, 0.25) is 0 Å². The lowest BCUT2D eigenvalue weighted by molar-refractivity contribution is 0.167. The Morgan fingerprint density at radius 3 is 2.76 bits per heavy atom. The van der Waals surface area contributed by atoms with E-state index in [0.29, 0.717) is 11.8 Å². The van der Waals surface area contributed by atoms with Crippen molar-refractivity contribution in [1.29, 1.82) is 0 Å². The van der Waals surface area contributed by atoms with Gasteiger partial charge in [0.25, 0.3) is 0 Å². The van der Waals surface area contributed by atoms with Gasteiger partial charge < -0.3 is 10.4 Å². The summed E-state index contributed by atoms with van der Waals surface area (Å²) in [5.74, 6) is 0.373. The number of nitrogens with zero attached hydrogens (tertiary/aromatic N) is 1. The van der Waals surface area contributed by atoms with Crippen molar-refractivity contribution in [3.63, 3.8) is 0 Å². The standard InChI is InChI=1S/C14H22N2O/c1-2-13(16-8-6-15-7-9-16)10-12-4-3-5-14(17)11-12/h3-5,11,13,15,17H,2,6-10H2,1H3. The number of piperazine rings is 1. The van der Waals surface area contributed by atoms with Gasteiger partial charge in [0.15, 0.2) is 0 Å². The van der Waals surface area contributed by atoms with Gasteiger partial charge >= 0.3 is 0 Å². The molecule has 1 atom stereocenters. The summed E-state index contributed by atoms with van der Waals surface area (Å²) < 4.78 is 0. The summed E-state index contributed by atoms with van der Waals surface area (Å²) in [5, 5.41) is 12.9. The third-order valence-corrected chi connectivity index (χ3v) is 3.52. The molecule has 1 aliphatic rings. The molecule has 0 bridgehead atoms. The van der Waals surface area contributed by atoms with E-state index in [0.717, 1.165) is 39.0 Å². The number of phenols is 1. The van der Waals surface area contributed by atoms with Gasteiger partial charge in [-0.25, -0.2) is 0 Å². The van der Waals surface area contributed by atoms with Crippen LogP contribution in [0.4, 0.5) is 0 Å². The van der Waals surface area contributed by atoms with E-state index < -0.39 is 0 Å². The first-order valence-corrected chi connectivity index (χ1v) is 6.52. The van der Waals surface area contributed by atoms with Gasteiger partial charge in [0.2, 0.25) is 0 Å². The second kappa shape index (κ2) is 6.03. The Kier molecular flexibility index (Phi) is 4.40. The average Bonchev–Trinajstić information content (AvgIpc) is 2.37. The summed E-state index contributed by atoms with van der Waals surface area (Å²) in [6.45, 7) is 6.71. The Morgan fingerprint density at radius 2 is 2.12 bits per heavy atom. The average molecular weight is 234 g/mol. The van der Waals surface area contributed by atoms with E-state index in [1.807, 2.05) is 12.1 Å². The third-order valence-electron chi connectivity index (χ3n) is 3.52. The summed E-state index contributed by atoms with van der Waals surface area (Å²) in [7, 11) is 0. The lowest BCUT2D eigenvalue weighted by atomic mass is 10.0. The molecule has 1 aromatic carbocycles. The summed E-state index contributed by atoms with van der Waals surface area (Å²) in [6.07, 6.45) is 2.19. The predicted octanol–water partition coefficient (Wildman–Crippen LogP) is 1.62. The molecule has 17 heavy (non-hydrogen) atoms. The second-order valence-electron chi connectivity index (χ2n) is 4.72. The molecule has 3 heteroatoms. The van der Waals surface area contributed by atoms with E-state index in [9.17, 15) is 5.11 Å². The molecule has 0 spiro atoms. The molecular weight excluding hydrogens is 212 g/mol. The van der Waals surface area contributed by atoms with Gasteiger partial charge in [0.05, 0.1) is 0 Å². The zero-order chi connectivity index (χ0) is 12.1. The van der Waals surface area contributed by atoms with Gasteiger partial charge in [-0.15, -0.1) is 0 Å². The van der Waals surface area contributed by atoms with Gasteiger partial charge in [0, 0.05) is 32.2 Å². The second-order valence-corrected chi connectivity index (χ2v) is 4.72. The van der Waals surface area contributed by atoms with Crippen molar-refractivity contribution >= 4 is 0 Å². The number of nitrogens with one attached hydrogen (secondary N) is 1. The van der Waals surface area contributed by atoms with Crippen LogP contribution in [0.1, 0.15) is 18.9 Å². The minimum Gasteiger partial charge on any atom is -0.508 e. The van der Waals surface area contributed by atoms with E-state index in [4.69, 9.17) is 0 Å². The molecule has 0 amide bonds. The van der Waals surface area contributed by atoms with Crippen LogP contribution in [0.3, 0.4) is 0 Å². The Bertz CT molecular complexity index is 348. The van der Waals surface area contributed by atoms with E-state index in [2.05, 4.69) is 23.2 Å². The maximum absolute atomic E-state index is 9.49. The molecule has 0 aliphatic carbocycles. The van der Waals surface area contributed by atoms with Crippen LogP contribution in [0, 0.1) is 0 Å². The lowest BCUT2D eigenvalue weighted by Gasteiger charge is -2.34. The number of hydrogen-bond donors (Lipinski definition) is 2. The summed E-state index contributed by atoms with van der Waals surface area (Å²) >= 11 is 0. The topological polar surface area (TPSA) is 35.5 Å². The van der Waals surface area contributed by atoms with Gasteiger partial charge in [-0.3, -0.25) is 4.90 Å². The van der Waals surface area contributed by atoms with Crippen LogP contribution >= 0.6 is 0 Å². The minimum atomic E-state index is 0.373. The highest BCUT2D eigenvalue weighted by Gasteiger charge is 2.19. The van der Waals surface area contributed by atoms with Crippen LogP contribution in [-0.4, -0.2) is 42.2 Å². The Hall–Kier alpha value is -1.06. The fraction of sp³-hybridized carbons (Fsp3) is 0.571. The van der Waals surface area contributed by atoms with Crippen molar-refractivity contribution in [1.82, 2.24) is 10.2 Å². The summed E-state index contributed by atoms with van der Waals surface area (Å²) in [5.41, 5.74) is 1.23. The highest BCUT2D eigenvalue weighted by molar-refractivity contribution is 5.27. The summed E-state index contributed by atoms with van der Waals surface area (Å²) in [6, 6.07) is 8.23. The highest BCUT2D eigenvalue weighted by Crippen LogP contribution is 2.16. The molecule has 2 N–H and O–H groups in total. The van der Waals surface area contributed by atoms with E-state index >= 15 is 0 Å². The van der Waals surface area contributed by atoms with Crippen molar-refractivity contribution in [2.45, 2.75) is 25.8 Å². The van der Waals surface area contributed by atoms with Crippen molar-refractivity contribution in [3.05, 3.63) is 29.8 Å². The van der Waals surface area contributed by atoms with Gasteiger partial charge in [0.1, 0.15) is 5.75 Å². The quantitative estimate of drug-likeness (QED) is 0.831. The molecule has 3 nitrogen and oxygen atoms in total. The largest absolute Gasteiger partial charge is 0.508 e. The molecule has 1 aliphatic heterocycles. The van der Waals surface area contributed by atoms with Crippen molar-refractivity contribution < 1.29 is 5.11 Å². The molecule has 1 saturated heterocycles. The fourth-order valence-corrected chi connectivity index (χ4v) is 2.53. The number of benzene rings is 1. The molecule has 1 unspecified atom stereocenters. The zero-order valence-corrected chi connectivity index (χ0v) is 10.5. The van der Waals surface area contributed by atoms with Gasteiger partial charge in [-0.05, 0) is 30.5 Å². The van der Waals surface area contributed by atoms with E-state index in [-0.39, 0.29) is 0 Å². The molecule has 1 heterocycles. The van der Waals surface area contributed by atoms with Crippen molar-refractivity contribution in [2.75, 3.05) is 26.2 Å². The predicted molar refractivity (Wildman–Crippen MR) is 70.3 cm³/mol.